The molecule has 0 radical (unpaired) electrons. The molecule has 1 fully saturated rings. The molecule has 1 heterocycles. The summed E-state index contributed by atoms with van der Waals surface area (Å²) >= 11 is 0. The lowest BCUT2D eigenvalue weighted by atomic mass is 9.97. The molecule has 4 N–H and O–H groups in total. The van der Waals surface area contributed by atoms with E-state index in [4.69, 9.17) is 10.7 Å². The Morgan fingerprint density at radius 2 is 1.97 bits per heavy atom. The lowest BCUT2D eigenvalue weighted by Gasteiger charge is -2.31. The summed E-state index contributed by atoms with van der Waals surface area (Å²) in [6.45, 7) is 8.98. The number of amides is 1. The summed E-state index contributed by atoms with van der Waals surface area (Å²) in [7, 11) is 0. The van der Waals surface area contributed by atoms with Crippen molar-refractivity contribution in [3.8, 4) is 0 Å². The van der Waals surface area contributed by atoms with Gasteiger partial charge in [0.15, 0.2) is 5.96 Å². The second-order valence-electron chi connectivity index (χ2n) is 8.27. The number of nitrogens with two attached hydrogens (primary N) is 1. The molecule has 1 atom stereocenters. The Hall–Kier alpha value is -2.86. The molecule has 1 aliphatic heterocycles. The van der Waals surface area contributed by atoms with E-state index < -0.39 is 0 Å². The van der Waals surface area contributed by atoms with Crippen molar-refractivity contribution in [2.24, 2.45) is 16.6 Å². The van der Waals surface area contributed by atoms with Gasteiger partial charge < -0.3 is 16.4 Å². The highest BCUT2D eigenvalue weighted by Crippen LogP contribution is 2.19. The van der Waals surface area contributed by atoms with Crippen molar-refractivity contribution in [1.29, 1.82) is 0 Å². The zero-order valence-electron chi connectivity index (χ0n) is 18.7. The molecule has 2 aromatic carbocycles. The molecule has 1 aliphatic rings. The van der Waals surface area contributed by atoms with Gasteiger partial charge >= 0.3 is 0 Å². The number of benzene rings is 2. The molecule has 2 aromatic rings. The van der Waals surface area contributed by atoms with E-state index in [0.29, 0.717) is 6.54 Å². The number of carbonyl (C=O) groups is 1. The largest absolute Gasteiger partial charge is 0.369 e. The third-order valence-electron chi connectivity index (χ3n) is 5.78. The minimum absolute atomic E-state index is 0.0245. The van der Waals surface area contributed by atoms with Gasteiger partial charge in [-0.3, -0.25) is 9.69 Å². The number of carbonyl (C=O) groups excluding carboxylic acids is 1. The summed E-state index contributed by atoms with van der Waals surface area (Å²) in [5.74, 6) is 0.613. The molecule has 1 amide bonds. The van der Waals surface area contributed by atoms with E-state index in [0.717, 1.165) is 51.5 Å². The van der Waals surface area contributed by atoms with Crippen LogP contribution in [0.15, 0.2) is 53.5 Å². The Kier molecular flexibility index (Phi) is 8.47. The van der Waals surface area contributed by atoms with E-state index in [1.807, 2.05) is 0 Å². The van der Waals surface area contributed by atoms with Gasteiger partial charge in [-0.25, -0.2) is 4.99 Å². The lowest BCUT2D eigenvalue weighted by Crippen LogP contribution is -2.40. The Morgan fingerprint density at radius 3 is 2.74 bits per heavy atom. The first-order valence-corrected chi connectivity index (χ1v) is 11.2. The molecule has 1 saturated heterocycles. The van der Waals surface area contributed by atoms with E-state index in [9.17, 15) is 4.79 Å². The molecule has 0 bridgehead atoms. The molecule has 0 spiro atoms. The first kappa shape index (κ1) is 22.8. The SMILES string of the molecule is CCNC(=NCc1cccc(CN2CCCC(C(N)=O)C2)c1)NCc1ccccc1C. The third kappa shape index (κ3) is 7.10. The van der Waals surface area contributed by atoms with Crippen LogP contribution in [0.5, 0.6) is 0 Å². The van der Waals surface area contributed by atoms with Gasteiger partial charge in [-0.2, -0.15) is 0 Å². The second kappa shape index (κ2) is 11.5. The Labute approximate surface area is 185 Å². The van der Waals surface area contributed by atoms with E-state index in [1.165, 1.54) is 22.3 Å². The molecular weight excluding hydrogens is 386 g/mol. The molecule has 31 heavy (non-hydrogen) atoms. The van der Waals surface area contributed by atoms with E-state index in [-0.39, 0.29) is 11.8 Å². The second-order valence-corrected chi connectivity index (χ2v) is 8.27. The quantitative estimate of drug-likeness (QED) is 0.452. The minimum atomic E-state index is -0.179. The molecule has 0 saturated carbocycles. The smallest absolute Gasteiger partial charge is 0.221 e. The van der Waals surface area contributed by atoms with Crippen LogP contribution in [0.25, 0.3) is 0 Å². The summed E-state index contributed by atoms with van der Waals surface area (Å²) in [4.78, 5) is 18.6. The van der Waals surface area contributed by atoms with E-state index >= 15 is 0 Å². The van der Waals surface area contributed by atoms with Gasteiger partial charge in [0.25, 0.3) is 0 Å². The highest BCUT2D eigenvalue weighted by Gasteiger charge is 2.23. The number of hydrogen-bond acceptors (Lipinski definition) is 3. The maximum Gasteiger partial charge on any atom is 0.221 e. The fraction of sp³-hybridized carbons (Fsp3) is 0.440. The molecule has 0 aromatic heterocycles. The number of aryl methyl sites for hydroxylation is 1. The number of aliphatic imine (C=N–C) groups is 1. The van der Waals surface area contributed by atoms with Crippen molar-refractivity contribution in [3.05, 3.63) is 70.8 Å². The zero-order valence-corrected chi connectivity index (χ0v) is 18.7. The highest BCUT2D eigenvalue weighted by atomic mass is 16.1. The van der Waals surface area contributed by atoms with Crippen molar-refractivity contribution >= 4 is 11.9 Å². The summed E-state index contributed by atoms with van der Waals surface area (Å²) in [5.41, 5.74) is 10.5. The molecule has 3 rings (SSSR count). The number of guanidine groups is 1. The Bertz CT molecular complexity index is 895. The number of hydrogen-bond donors (Lipinski definition) is 3. The molecule has 0 aliphatic carbocycles. The number of primary amides is 1. The number of likely N-dealkylation sites (tertiary alicyclic amines) is 1. The highest BCUT2D eigenvalue weighted by molar-refractivity contribution is 5.79. The van der Waals surface area contributed by atoms with E-state index in [1.54, 1.807) is 0 Å². The molecule has 6 heteroatoms. The predicted octanol–water partition coefficient (Wildman–Crippen LogP) is 2.95. The van der Waals surface area contributed by atoms with Crippen LogP contribution in [-0.4, -0.2) is 36.4 Å². The van der Waals surface area contributed by atoms with Crippen molar-refractivity contribution < 1.29 is 4.79 Å². The van der Waals surface area contributed by atoms with Crippen LogP contribution in [0, 0.1) is 12.8 Å². The third-order valence-corrected chi connectivity index (χ3v) is 5.78. The van der Waals surface area contributed by atoms with Crippen LogP contribution in [0.4, 0.5) is 0 Å². The minimum Gasteiger partial charge on any atom is -0.369 e. The van der Waals surface area contributed by atoms with Crippen LogP contribution in [0.3, 0.4) is 0 Å². The maximum absolute atomic E-state index is 11.5. The van der Waals surface area contributed by atoms with Crippen LogP contribution < -0.4 is 16.4 Å². The number of nitrogens with zero attached hydrogens (tertiary/aromatic N) is 2. The number of nitrogens with one attached hydrogen (secondary N) is 2. The van der Waals surface area contributed by atoms with Crippen molar-refractivity contribution in [2.75, 3.05) is 19.6 Å². The fourth-order valence-corrected chi connectivity index (χ4v) is 4.02. The fourth-order valence-electron chi connectivity index (χ4n) is 4.02. The van der Waals surface area contributed by atoms with Gasteiger partial charge in [0.05, 0.1) is 12.5 Å². The number of piperidine rings is 1. The van der Waals surface area contributed by atoms with Gasteiger partial charge in [-0.05, 0) is 55.5 Å². The summed E-state index contributed by atoms with van der Waals surface area (Å²) in [6.07, 6.45) is 1.93. The average molecular weight is 422 g/mol. The normalized spacial score (nSPS) is 17.4. The van der Waals surface area contributed by atoms with Crippen molar-refractivity contribution in [1.82, 2.24) is 15.5 Å². The van der Waals surface area contributed by atoms with E-state index in [2.05, 4.69) is 77.9 Å². The standard InChI is InChI=1S/C25H35N5O/c1-3-27-25(29-16-22-11-5-4-8-19(22)2)28-15-20-9-6-10-21(14-20)17-30-13-7-12-23(18-30)24(26)31/h4-6,8-11,14,23H,3,7,12-13,15-18H2,1-2H3,(H2,26,31)(H2,27,28,29). The Morgan fingerprint density at radius 1 is 1.16 bits per heavy atom. The van der Waals surface area contributed by atoms with Crippen molar-refractivity contribution in [3.63, 3.8) is 0 Å². The maximum atomic E-state index is 11.5. The summed E-state index contributed by atoms with van der Waals surface area (Å²) < 4.78 is 0. The summed E-state index contributed by atoms with van der Waals surface area (Å²) in [6, 6.07) is 16.9. The molecule has 166 valence electrons. The van der Waals surface area contributed by atoms with Gasteiger partial charge in [0.2, 0.25) is 5.91 Å². The Balaban J connectivity index is 1.59. The van der Waals surface area contributed by atoms with Crippen LogP contribution in [0.1, 0.15) is 42.0 Å². The van der Waals surface area contributed by atoms with Crippen LogP contribution in [0.2, 0.25) is 0 Å². The predicted molar refractivity (Wildman–Crippen MR) is 126 cm³/mol. The number of rotatable bonds is 8. The van der Waals surface area contributed by atoms with Gasteiger partial charge in [-0.15, -0.1) is 0 Å². The first-order chi connectivity index (χ1) is 15.0. The topological polar surface area (TPSA) is 82.8 Å². The average Bonchev–Trinajstić information content (AvgIpc) is 2.77. The van der Waals surface area contributed by atoms with Crippen LogP contribution in [-0.2, 0) is 24.4 Å². The van der Waals surface area contributed by atoms with Crippen LogP contribution >= 0.6 is 0 Å². The van der Waals surface area contributed by atoms with Gasteiger partial charge in [0.1, 0.15) is 0 Å². The first-order valence-electron chi connectivity index (χ1n) is 11.2. The van der Waals surface area contributed by atoms with Gasteiger partial charge in [0, 0.05) is 26.2 Å². The summed E-state index contributed by atoms with van der Waals surface area (Å²) in [5, 5.41) is 6.76. The molecular formula is C25H35N5O. The zero-order chi connectivity index (χ0) is 22.1. The molecule has 6 nitrogen and oxygen atoms in total. The lowest BCUT2D eigenvalue weighted by molar-refractivity contribution is -0.123. The van der Waals surface area contributed by atoms with Crippen molar-refractivity contribution in [2.45, 2.75) is 46.3 Å². The molecule has 1 unspecified atom stereocenters. The van der Waals surface area contributed by atoms with Gasteiger partial charge in [-0.1, -0.05) is 48.5 Å². The monoisotopic (exact) mass is 421 g/mol.